The molecule has 0 radical (unpaired) electrons. The molecule has 27 heavy (non-hydrogen) atoms. The SMILES string of the molecule is Cc1ccc(OCCOCC(O)CN2CCc3ccccc3C2)cc1C.Cl. The van der Waals surface area contributed by atoms with Crippen LogP contribution in [0.3, 0.4) is 0 Å². The number of hydrogen-bond acceptors (Lipinski definition) is 4. The van der Waals surface area contributed by atoms with Gasteiger partial charge in [-0.15, -0.1) is 12.4 Å². The van der Waals surface area contributed by atoms with Crippen LogP contribution >= 0.6 is 12.4 Å². The van der Waals surface area contributed by atoms with E-state index in [1.807, 2.05) is 12.1 Å². The highest BCUT2D eigenvalue weighted by atomic mass is 35.5. The van der Waals surface area contributed by atoms with E-state index in [0.29, 0.717) is 26.4 Å². The Hall–Kier alpha value is -1.59. The largest absolute Gasteiger partial charge is 0.491 e. The number of aliphatic hydroxyl groups is 1. The predicted octanol–water partition coefficient (Wildman–Crippen LogP) is 3.54. The van der Waals surface area contributed by atoms with E-state index < -0.39 is 6.10 Å². The van der Waals surface area contributed by atoms with E-state index in [1.165, 1.54) is 22.3 Å². The molecule has 1 atom stereocenters. The minimum atomic E-state index is -0.470. The summed E-state index contributed by atoms with van der Waals surface area (Å²) in [6.07, 6.45) is 0.579. The lowest BCUT2D eigenvalue weighted by molar-refractivity contribution is 0.00588. The maximum absolute atomic E-state index is 10.2. The molecule has 1 N–H and O–H groups in total. The van der Waals surface area contributed by atoms with Crippen LogP contribution in [0.4, 0.5) is 0 Å². The molecule has 0 saturated heterocycles. The zero-order valence-corrected chi connectivity index (χ0v) is 17.0. The first-order valence-corrected chi connectivity index (χ1v) is 9.37. The number of halogens is 1. The maximum atomic E-state index is 10.2. The average Bonchev–Trinajstić information content (AvgIpc) is 2.64. The fourth-order valence-electron chi connectivity index (χ4n) is 3.30. The molecular formula is C22H30ClNO3. The van der Waals surface area contributed by atoms with Gasteiger partial charge in [-0.25, -0.2) is 0 Å². The van der Waals surface area contributed by atoms with Crippen molar-refractivity contribution in [3.05, 3.63) is 64.7 Å². The van der Waals surface area contributed by atoms with E-state index >= 15 is 0 Å². The van der Waals surface area contributed by atoms with Crippen molar-refractivity contribution in [3.63, 3.8) is 0 Å². The molecule has 0 spiro atoms. The molecule has 1 heterocycles. The van der Waals surface area contributed by atoms with Crippen molar-refractivity contribution in [2.75, 3.05) is 32.9 Å². The number of fused-ring (bicyclic) bond motifs is 1. The second-order valence-corrected chi connectivity index (χ2v) is 7.08. The summed E-state index contributed by atoms with van der Waals surface area (Å²) in [6, 6.07) is 14.6. The van der Waals surface area contributed by atoms with Crippen molar-refractivity contribution in [1.82, 2.24) is 4.90 Å². The zero-order valence-electron chi connectivity index (χ0n) is 16.2. The number of β-amino-alcohol motifs (C(OH)–C–C–N with tert-alkyl or cyclic N) is 1. The Morgan fingerprint density at radius 2 is 1.81 bits per heavy atom. The lowest BCUT2D eigenvalue weighted by Crippen LogP contribution is -2.38. The highest BCUT2D eigenvalue weighted by molar-refractivity contribution is 5.85. The highest BCUT2D eigenvalue weighted by Gasteiger charge is 2.18. The highest BCUT2D eigenvalue weighted by Crippen LogP contribution is 2.18. The molecule has 1 aliphatic heterocycles. The second kappa shape index (κ2) is 10.7. The molecule has 2 aromatic carbocycles. The molecule has 5 heteroatoms. The number of nitrogens with zero attached hydrogens (tertiary/aromatic N) is 1. The van der Waals surface area contributed by atoms with Crippen molar-refractivity contribution >= 4 is 12.4 Å². The van der Waals surface area contributed by atoms with E-state index in [-0.39, 0.29) is 12.4 Å². The van der Waals surface area contributed by atoms with Crippen LogP contribution in [0, 0.1) is 13.8 Å². The third kappa shape index (κ3) is 6.51. The zero-order chi connectivity index (χ0) is 18.4. The van der Waals surface area contributed by atoms with Gasteiger partial charge in [-0.2, -0.15) is 0 Å². The molecule has 0 aromatic heterocycles. The fraction of sp³-hybridized carbons (Fsp3) is 0.455. The molecule has 4 nitrogen and oxygen atoms in total. The minimum Gasteiger partial charge on any atom is -0.491 e. The molecule has 1 unspecified atom stereocenters. The van der Waals surface area contributed by atoms with Crippen molar-refractivity contribution in [1.29, 1.82) is 0 Å². The number of rotatable bonds is 8. The number of aryl methyl sites for hydroxylation is 2. The van der Waals surface area contributed by atoms with Crippen LogP contribution in [-0.4, -0.2) is 49.0 Å². The summed E-state index contributed by atoms with van der Waals surface area (Å²) in [5, 5.41) is 10.2. The molecule has 0 saturated carbocycles. The molecule has 0 bridgehead atoms. The summed E-state index contributed by atoms with van der Waals surface area (Å²) >= 11 is 0. The van der Waals surface area contributed by atoms with E-state index in [2.05, 4.69) is 49.1 Å². The Bertz CT molecular complexity index is 722. The Kier molecular flexibility index (Phi) is 8.58. The maximum Gasteiger partial charge on any atom is 0.119 e. The summed E-state index contributed by atoms with van der Waals surface area (Å²) in [5.41, 5.74) is 5.28. The van der Waals surface area contributed by atoms with E-state index in [0.717, 1.165) is 25.3 Å². The summed E-state index contributed by atoms with van der Waals surface area (Å²) in [6.45, 7) is 8.02. The van der Waals surface area contributed by atoms with Crippen LogP contribution in [0.5, 0.6) is 5.75 Å². The summed E-state index contributed by atoms with van der Waals surface area (Å²) in [4.78, 5) is 2.29. The van der Waals surface area contributed by atoms with Gasteiger partial charge < -0.3 is 14.6 Å². The summed E-state index contributed by atoms with van der Waals surface area (Å²) in [7, 11) is 0. The van der Waals surface area contributed by atoms with Crippen LogP contribution in [0.15, 0.2) is 42.5 Å². The van der Waals surface area contributed by atoms with Gasteiger partial charge in [0.15, 0.2) is 0 Å². The Morgan fingerprint density at radius 1 is 1.04 bits per heavy atom. The number of benzene rings is 2. The first-order chi connectivity index (χ1) is 12.6. The van der Waals surface area contributed by atoms with E-state index in [1.54, 1.807) is 0 Å². The monoisotopic (exact) mass is 391 g/mol. The van der Waals surface area contributed by atoms with Gasteiger partial charge in [-0.05, 0) is 54.7 Å². The van der Waals surface area contributed by atoms with Gasteiger partial charge in [0.25, 0.3) is 0 Å². The van der Waals surface area contributed by atoms with Crippen molar-refractivity contribution < 1.29 is 14.6 Å². The van der Waals surface area contributed by atoms with E-state index in [9.17, 15) is 5.11 Å². The Labute approximate surface area is 168 Å². The molecule has 3 rings (SSSR count). The van der Waals surface area contributed by atoms with Gasteiger partial charge in [-0.3, -0.25) is 4.90 Å². The number of ether oxygens (including phenoxy) is 2. The summed E-state index contributed by atoms with van der Waals surface area (Å²) in [5.74, 6) is 0.865. The van der Waals surface area contributed by atoms with Gasteiger partial charge in [0, 0.05) is 19.6 Å². The second-order valence-electron chi connectivity index (χ2n) is 7.08. The van der Waals surface area contributed by atoms with Gasteiger partial charge in [0.05, 0.1) is 19.3 Å². The molecular weight excluding hydrogens is 362 g/mol. The lowest BCUT2D eigenvalue weighted by Gasteiger charge is -2.30. The standard InChI is InChI=1S/C22H29NO3.ClH/c1-17-7-8-22(13-18(17)2)26-12-11-25-16-21(24)15-23-10-9-19-5-3-4-6-20(19)14-23;/h3-8,13,21,24H,9-12,14-16H2,1-2H3;1H. The predicted molar refractivity (Wildman–Crippen MR) is 111 cm³/mol. The van der Waals surface area contributed by atoms with Crippen molar-refractivity contribution in [2.24, 2.45) is 0 Å². The van der Waals surface area contributed by atoms with Gasteiger partial charge >= 0.3 is 0 Å². The van der Waals surface area contributed by atoms with Gasteiger partial charge in [0.2, 0.25) is 0 Å². The van der Waals surface area contributed by atoms with Crippen LogP contribution in [0.25, 0.3) is 0 Å². The van der Waals surface area contributed by atoms with Crippen molar-refractivity contribution in [2.45, 2.75) is 32.9 Å². The van der Waals surface area contributed by atoms with Gasteiger partial charge in [0.1, 0.15) is 12.4 Å². The van der Waals surface area contributed by atoms with Crippen LogP contribution in [0.2, 0.25) is 0 Å². The Balaban J connectivity index is 0.00000261. The molecule has 0 amide bonds. The minimum absolute atomic E-state index is 0. The quantitative estimate of drug-likeness (QED) is 0.699. The molecule has 2 aromatic rings. The van der Waals surface area contributed by atoms with Crippen LogP contribution in [-0.2, 0) is 17.7 Å². The molecule has 1 aliphatic rings. The number of hydrogen-bond donors (Lipinski definition) is 1. The van der Waals surface area contributed by atoms with Gasteiger partial charge in [-0.1, -0.05) is 30.3 Å². The number of aliphatic hydroxyl groups excluding tert-OH is 1. The lowest BCUT2D eigenvalue weighted by atomic mass is 10.00. The molecule has 0 aliphatic carbocycles. The molecule has 148 valence electrons. The first kappa shape index (κ1) is 21.7. The third-order valence-corrected chi connectivity index (χ3v) is 4.96. The average molecular weight is 392 g/mol. The van der Waals surface area contributed by atoms with E-state index in [4.69, 9.17) is 9.47 Å². The Morgan fingerprint density at radius 3 is 2.59 bits per heavy atom. The summed E-state index contributed by atoms with van der Waals surface area (Å²) < 4.78 is 11.3. The van der Waals surface area contributed by atoms with Crippen LogP contribution < -0.4 is 4.74 Å². The van der Waals surface area contributed by atoms with Crippen LogP contribution in [0.1, 0.15) is 22.3 Å². The molecule has 0 fully saturated rings. The third-order valence-electron chi connectivity index (χ3n) is 4.96. The normalized spacial score (nSPS) is 14.9. The first-order valence-electron chi connectivity index (χ1n) is 9.37. The topological polar surface area (TPSA) is 41.9 Å². The fourth-order valence-corrected chi connectivity index (χ4v) is 3.30. The smallest absolute Gasteiger partial charge is 0.119 e. The van der Waals surface area contributed by atoms with Crippen molar-refractivity contribution in [3.8, 4) is 5.75 Å².